The van der Waals surface area contributed by atoms with Crippen LogP contribution in [-0.4, -0.2) is 67.6 Å². The van der Waals surface area contributed by atoms with Crippen molar-refractivity contribution >= 4 is 11.8 Å². The molecular weight excluding hydrogens is 358 g/mol. The topological polar surface area (TPSA) is 85.1 Å². The molecule has 0 bridgehead atoms. The molecule has 3 rings (SSSR count). The van der Waals surface area contributed by atoms with Gasteiger partial charge in [-0.05, 0) is 31.9 Å². The summed E-state index contributed by atoms with van der Waals surface area (Å²) in [6.07, 6.45) is 3.88. The van der Waals surface area contributed by atoms with Gasteiger partial charge in [-0.2, -0.15) is 0 Å². The first kappa shape index (κ1) is 20.5. The Morgan fingerprint density at radius 1 is 1.07 bits per heavy atom. The molecule has 2 aliphatic rings. The number of benzene rings is 1. The van der Waals surface area contributed by atoms with Gasteiger partial charge in [-0.3, -0.25) is 9.59 Å². The van der Waals surface area contributed by atoms with Crippen LogP contribution in [0.2, 0.25) is 0 Å². The Balaban J connectivity index is 1.66. The number of methoxy groups -OCH3 is 2. The molecular formula is C21H31N3O4. The Morgan fingerprint density at radius 2 is 1.75 bits per heavy atom. The zero-order valence-corrected chi connectivity index (χ0v) is 17.1. The van der Waals surface area contributed by atoms with Crippen molar-refractivity contribution in [1.29, 1.82) is 0 Å². The van der Waals surface area contributed by atoms with Crippen molar-refractivity contribution in [3.63, 3.8) is 0 Å². The van der Waals surface area contributed by atoms with Gasteiger partial charge >= 0.3 is 0 Å². The van der Waals surface area contributed by atoms with Crippen LogP contribution in [0.25, 0.3) is 0 Å². The van der Waals surface area contributed by atoms with Gasteiger partial charge in [0.15, 0.2) is 11.5 Å². The maximum absolute atomic E-state index is 13.0. The van der Waals surface area contributed by atoms with Crippen molar-refractivity contribution in [2.75, 3.05) is 40.4 Å². The van der Waals surface area contributed by atoms with Crippen LogP contribution in [0.4, 0.5) is 0 Å². The van der Waals surface area contributed by atoms with Gasteiger partial charge in [0.1, 0.15) is 0 Å². The highest BCUT2D eigenvalue weighted by Gasteiger charge is 2.40. The van der Waals surface area contributed by atoms with Crippen molar-refractivity contribution in [3.8, 4) is 11.5 Å². The number of amides is 2. The third-order valence-corrected chi connectivity index (χ3v) is 6.06. The zero-order chi connectivity index (χ0) is 20.3. The van der Waals surface area contributed by atoms with Crippen LogP contribution < -0.4 is 15.2 Å². The van der Waals surface area contributed by atoms with Crippen molar-refractivity contribution in [3.05, 3.63) is 23.8 Å². The number of ether oxygens (including phenoxy) is 2. The van der Waals surface area contributed by atoms with Gasteiger partial charge in [-0.1, -0.05) is 18.9 Å². The number of carbonyl (C=O) groups is 2. The Labute approximate surface area is 166 Å². The predicted octanol–water partition coefficient (Wildman–Crippen LogP) is 1.90. The maximum atomic E-state index is 13.0. The summed E-state index contributed by atoms with van der Waals surface area (Å²) in [5.74, 6) is 0.873. The predicted molar refractivity (Wildman–Crippen MR) is 107 cm³/mol. The summed E-state index contributed by atoms with van der Waals surface area (Å²) in [7, 11) is 3.08. The van der Waals surface area contributed by atoms with Gasteiger partial charge in [0.25, 0.3) is 5.91 Å². The van der Waals surface area contributed by atoms with Gasteiger partial charge in [0.2, 0.25) is 5.91 Å². The van der Waals surface area contributed by atoms with Crippen LogP contribution in [0.5, 0.6) is 11.5 Å². The van der Waals surface area contributed by atoms with E-state index in [0.717, 1.165) is 25.7 Å². The Morgan fingerprint density at radius 3 is 2.36 bits per heavy atom. The molecule has 1 aliphatic heterocycles. The fourth-order valence-corrected chi connectivity index (χ4v) is 4.34. The molecule has 1 aromatic rings. The molecule has 0 aromatic heterocycles. The molecule has 1 heterocycles. The minimum Gasteiger partial charge on any atom is -0.493 e. The molecule has 1 saturated heterocycles. The van der Waals surface area contributed by atoms with Crippen molar-refractivity contribution in [1.82, 2.24) is 9.80 Å². The third-order valence-electron chi connectivity index (χ3n) is 6.06. The average Bonchev–Trinajstić information content (AvgIpc) is 2.71. The summed E-state index contributed by atoms with van der Waals surface area (Å²) in [5, 5.41) is 0. The zero-order valence-electron chi connectivity index (χ0n) is 17.1. The van der Waals surface area contributed by atoms with Gasteiger partial charge in [-0.15, -0.1) is 0 Å². The molecule has 2 atom stereocenters. The van der Waals surface area contributed by atoms with Gasteiger partial charge in [-0.25, -0.2) is 0 Å². The second-order valence-corrected chi connectivity index (χ2v) is 7.96. The number of carbonyl (C=O) groups excluding carboxylic acids is 2. The fourth-order valence-electron chi connectivity index (χ4n) is 4.34. The van der Waals surface area contributed by atoms with E-state index in [1.807, 2.05) is 11.8 Å². The first-order valence-corrected chi connectivity index (χ1v) is 9.97. The van der Waals surface area contributed by atoms with E-state index < -0.39 is 5.54 Å². The molecule has 2 N–H and O–H groups in total. The molecule has 2 fully saturated rings. The Bertz CT molecular complexity index is 726. The summed E-state index contributed by atoms with van der Waals surface area (Å²) in [4.78, 5) is 29.6. The van der Waals surface area contributed by atoms with Crippen LogP contribution >= 0.6 is 0 Å². The molecule has 0 radical (unpaired) electrons. The number of para-hydroxylation sites is 1. The molecule has 1 aromatic carbocycles. The monoisotopic (exact) mass is 389 g/mol. The second-order valence-electron chi connectivity index (χ2n) is 7.96. The van der Waals surface area contributed by atoms with Crippen LogP contribution in [0.1, 0.15) is 43.0 Å². The summed E-state index contributed by atoms with van der Waals surface area (Å²) >= 11 is 0. The molecule has 1 saturated carbocycles. The molecule has 2 amide bonds. The number of rotatable bonds is 4. The summed E-state index contributed by atoms with van der Waals surface area (Å²) in [6.45, 7) is 4.05. The van der Waals surface area contributed by atoms with E-state index in [0.29, 0.717) is 43.2 Å². The van der Waals surface area contributed by atoms with E-state index in [-0.39, 0.29) is 17.7 Å². The lowest BCUT2D eigenvalue weighted by Crippen LogP contribution is -2.57. The first-order valence-electron chi connectivity index (χ1n) is 9.97. The smallest absolute Gasteiger partial charge is 0.257 e. The number of hydrogen-bond acceptors (Lipinski definition) is 5. The van der Waals surface area contributed by atoms with Gasteiger partial charge in [0.05, 0.1) is 25.7 Å². The van der Waals surface area contributed by atoms with Crippen LogP contribution in [-0.2, 0) is 4.79 Å². The van der Waals surface area contributed by atoms with Crippen LogP contribution in [0, 0.1) is 5.92 Å². The standard InChI is InChI=1S/C21H31N3O4/c1-21(22)10-5-4-8-16(21)20(26)24-13-11-23(12-14-24)19(25)15-7-6-9-17(27-2)18(15)28-3/h6-7,9,16H,4-5,8,10-14,22H2,1-3H3. The fraction of sp³-hybridized carbons (Fsp3) is 0.619. The SMILES string of the molecule is COc1cccc(C(=O)N2CCN(C(=O)C3CCCCC3(C)N)CC2)c1OC. The van der Waals surface area contributed by atoms with Crippen molar-refractivity contribution < 1.29 is 19.1 Å². The lowest BCUT2D eigenvalue weighted by Gasteiger charge is -2.42. The molecule has 2 unspecified atom stereocenters. The van der Waals surface area contributed by atoms with Crippen molar-refractivity contribution in [2.45, 2.75) is 38.1 Å². The number of piperazine rings is 1. The number of nitrogens with zero attached hydrogens (tertiary/aromatic N) is 2. The summed E-state index contributed by atoms with van der Waals surface area (Å²) < 4.78 is 10.7. The molecule has 1 aliphatic carbocycles. The van der Waals surface area contributed by atoms with E-state index in [1.54, 1.807) is 30.2 Å². The number of hydrogen-bond donors (Lipinski definition) is 1. The largest absolute Gasteiger partial charge is 0.493 e. The molecule has 7 nitrogen and oxygen atoms in total. The van der Waals surface area contributed by atoms with E-state index >= 15 is 0 Å². The van der Waals surface area contributed by atoms with Gasteiger partial charge < -0.3 is 25.0 Å². The quantitative estimate of drug-likeness (QED) is 0.850. The minimum atomic E-state index is -0.434. The third kappa shape index (κ3) is 3.94. The van der Waals surface area contributed by atoms with E-state index in [1.165, 1.54) is 7.11 Å². The molecule has 28 heavy (non-hydrogen) atoms. The summed E-state index contributed by atoms with van der Waals surface area (Å²) in [6, 6.07) is 5.28. The van der Waals surface area contributed by atoms with Crippen LogP contribution in [0.3, 0.4) is 0 Å². The van der Waals surface area contributed by atoms with Crippen molar-refractivity contribution in [2.24, 2.45) is 11.7 Å². The normalized spacial score (nSPS) is 25.4. The van der Waals surface area contributed by atoms with Gasteiger partial charge in [0, 0.05) is 31.7 Å². The van der Waals surface area contributed by atoms with E-state index in [2.05, 4.69) is 0 Å². The highest BCUT2D eigenvalue weighted by atomic mass is 16.5. The minimum absolute atomic E-state index is 0.107. The lowest BCUT2D eigenvalue weighted by atomic mass is 9.74. The molecule has 7 heteroatoms. The molecule has 154 valence electrons. The second kappa shape index (κ2) is 8.39. The van der Waals surface area contributed by atoms with E-state index in [4.69, 9.17) is 15.2 Å². The Hall–Kier alpha value is -2.28. The number of nitrogens with two attached hydrogens (primary N) is 1. The highest BCUT2D eigenvalue weighted by Crippen LogP contribution is 2.34. The lowest BCUT2D eigenvalue weighted by molar-refractivity contribution is -0.140. The Kier molecular flexibility index (Phi) is 6.13. The highest BCUT2D eigenvalue weighted by molar-refractivity contribution is 5.98. The maximum Gasteiger partial charge on any atom is 0.257 e. The van der Waals surface area contributed by atoms with E-state index in [9.17, 15) is 9.59 Å². The molecule has 0 spiro atoms. The summed E-state index contributed by atoms with van der Waals surface area (Å²) in [5.41, 5.74) is 6.44. The van der Waals surface area contributed by atoms with Crippen LogP contribution in [0.15, 0.2) is 18.2 Å². The average molecular weight is 389 g/mol. The first-order chi connectivity index (χ1) is 13.4.